The van der Waals surface area contributed by atoms with Gasteiger partial charge in [-0.3, -0.25) is 9.88 Å². The number of anilines is 1. The Labute approximate surface area is 124 Å². The molecule has 0 bridgehead atoms. The van der Waals surface area contributed by atoms with Crippen molar-refractivity contribution < 1.29 is 13.2 Å². The monoisotopic (exact) mass is 312 g/mol. The molecule has 8 heteroatoms. The van der Waals surface area contributed by atoms with Crippen LogP contribution in [0, 0.1) is 0 Å². The molecule has 2 aliphatic heterocycles. The molecule has 7 nitrogen and oxygen atoms in total. The lowest BCUT2D eigenvalue weighted by Gasteiger charge is -2.32. The molecule has 0 spiro atoms. The van der Waals surface area contributed by atoms with Gasteiger partial charge < -0.3 is 10.5 Å². The molecule has 21 heavy (non-hydrogen) atoms. The highest BCUT2D eigenvalue weighted by atomic mass is 32.2. The Morgan fingerprint density at radius 1 is 1.29 bits per heavy atom. The molecule has 0 amide bonds. The van der Waals surface area contributed by atoms with E-state index < -0.39 is 10.0 Å². The second-order valence-electron chi connectivity index (χ2n) is 5.37. The van der Waals surface area contributed by atoms with Crippen LogP contribution in [0.3, 0.4) is 0 Å². The number of morpholine rings is 1. The molecule has 0 radical (unpaired) electrons. The summed E-state index contributed by atoms with van der Waals surface area (Å²) in [5.41, 5.74) is 6.03. The highest BCUT2D eigenvalue weighted by molar-refractivity contribution is 7.89. The van der Waals surface area contributed by atoms with Gasteiger partial charge >= 0.3 is 0 Å². The van der Waals surface area contributed by atoms with E-state index in [1.54, 1.807) is 0 Å². The highest BCUT2D eigenvalue weighted by Crippen LogP contribution is 2.26. The predicted octanol–water partition coefficient (Wildman–Crippen LogP) is -0.241. The quantitative estimate of drug-likeness (QED) is 0.828. The van der Waals surface area contributed by atoms with Crippen molar-refractivity contribution in [3.8, 4) is 0 Å². The first kappa shape index (κ1) is 14.7. The average Bonchev–Trinajstić information content (AvgIpc) is 2.99. The molecule has 0 aromatic carbocycles. The zero-order valence-electron chi connectivity index (χ0n) is 11.8. The van der Waals surface area contributed by atoms with Gasteiger partial charge in [-0.25, -0.2) is 8.42 Å². The maximum absolute atomic E-state index is 12.6. The van der Waals surface area contributed by atoms with Gasteiger partial charge in [-0.05, 0) is 12.5 Å². The van der Waals surface area contributed by atoms with Crippen LogP contribution in [0.5, 0.6) is 0 Å². The summed E-state index contributed by atoms with van der Waals surface area (Å²) < 4.78 is 32.1. The van der Waals surface area contributed by atoms with Gasteiger partial charge in [0.1, 0.15) is 4.90 Å². The number of hydrogen-bond donors (Lipinski definition) is 1. The Balaban J connectivity index is 1.74. The van der Waals surface area contributed by atoms with Crippen molar-refractivity contribution in [3.05, 3.63) is 18.5 Å². The summed E-state index contributed by atoms with van der Waals surface area (Å²) >= 11 is 0. The number of hydrogen-bond acceptors (Lipinski definition) is 6. The van der Waals surface area contributed by atoms with Crippen molar-refractivity contribution >= 4 is 15.7 Å². The molecule has 2 aliphatic rings. The number of nitrogens with two attached hydrogens (primary N) is 1. The molecule has 1 atom stereocenters. The van der Waals surface area contributed by atoms with Gasteiger partial charge in [-0.15, -0.1) is 0 Å². The summed E-state index contributed by atoms with van der Waals surface area (Å²) in [7, 11) is -3.55. The average molecular weight is 312 g/mol. The molecule has 2 N–H and O–H groups in total. The molecule has 0 saturated carbocycles. The third-order valence-corrected chi connectivity index (χ3v) is 6.03. The summed E-state index contributed by atoms with van der Waals surface area (Å²) in [6.07, 6.45) is 3.67. The van der Waals surface area contributed by atoms with E-state index in [2.05, 4.69) is 9.88 Å². The SMILES string of the molecule is Nc1ccncc1S(=O)(=O)N1CCC(N2CCOCC2)C1. The van der Waals surface area contributed by atoms with Crippen molar-refractivity contribution in [2.45, 2.75) is 17.4 Å². The predicted molar refractivity (Wildman–Crippen MR) is 78.2 cm³/mol. The molecule has 3 heterocycles. The fourth-order valence-corrected chi connectivity index (χ4v) is 4.47. The molecule has 0 aliphatic carbocycles. The van der Waals surface area contributed by atoms with Gasteiger partial charge in [-0.2, -0.15) is 4.31 Å². The van der Waals surface area contributed by atoms with E-state index in [9.17, 15) is 8.42 Å². The van der Waals surface area contributed by atoms with Crippen LogP contribution in [0.1, 0.15) is 6.42 Å². The minimum absolute atomic E-state index is 0.104. The first-order valence-electron chi connectivity index (χ1n) is 7.10. The van der Waals surface area contributed by atoms with Crippen molar-refractivity contribution in [2.24, 2.45) is 0 Å². The molecule has 3 rings (SSSR count). The number of rotatable bonds is 3. The normalized spacial score (nSPS) is 25.2. The number of sulfonamides is 1. The van der Waals surface area contributed by atoms with Crippen LogP contribution in [0.15, 0.2) is 23.4 Å². The minimum Gasteiger partial charge on any atom is -0.398 e. The third kappa shape index (κ3) is 2.89. The summed E-state index contributed by atoms with van der Waals surface area (Å²) in [5.74, 6) is 0. The minimum atomic E-state index is -3.55. The molecule has 1 unspecified atom stereocenters. The Hall–Kier alpha value is -1.22. The second-order valence-corrected chi connectivity index (χ2v) is 7.27. The van der Waals surface area contributed by atoms with Gasteiger partial charge in [0.25, 0.3) is 0 Å². The van der Waals surface area contributed by atoms with Crippen LogP contribution >= 0.6 is 0 Å². The number of pyridine rings is 1. The maximum atomic E-state index is 12.6. The topological polar surface area (TPSA) is 88.8 Å². The van der Waals surface area contributed by atoms with Crippen molar-refractivity contribution in [3.63, 3.8) is 0 Å². The number of ether oxygens (including phenoxy) is 1. The van der Waals surface area contributed by atoms with E-state index >= 15 is 0 Å². The van der Waals surface area contributed by atoms with Crippen LogP contribution < -0.4 is 5.73 Å². The van der Waals surface area contributed by atoms with Crippen molar-refractivity contribution in [1.29, 1.82) is 0 Å². The molecular weight excluding hydrogens is 292 g/mol. The number of nitrogens with zero attached hydrogens (tertiary/aromatic N) is 3. The molecule has 116 valence electrons. The van der Waals surface area contributed by atoms with Crippen LogP contribution in [-0.4, -0.2) is 68.0 Å². The second kappa shape index (κ2) is 5.88. The van der Waals surface area contributed by atoms with Gasteiger partial charge in [0, 0.05) is 44.6 Å². The largest absolute Gasteiger partial charge is 0.398 e. The zero-order chi connectivity index (χ0) is 14.9. The summed E-state index contributed by atoms with van der Waals surface area (Å²) in [5, 5.41) is 0. The van der Waals surface area contributed by atoms with Crippen LogP contribution in [0.2, 0.25) is 0 Å². The van der Waals surface area contributed by atoms with Gasteiger partial charge in [-0.1, -0.05) is 0 Å². The zero-order valence-corrected chi connectivity index (χ0v) is 12.6. The molecule has 1 aromatic heterocycles. The van der Waals surface area contributed by atoms with Gasteiger partial charge in [0.2, 0.25) is 10.0 Å². The van der Waals surface area contributed by atoms with Gasteiger partial charge in [0.15, 0.2) is 0 Å². The van der Waals surface area contributed by atoms with E-state index in [1.807, 2.05) is 0 Å². The van der Waals surface area contributed by atoms with Crippen LogP contribution in [-0.2, 0) is 14.8 Å². The lowest BCUT2D eigenvalue weighted by Crippen LogP contribution is -2.45. The van der Waals surface area contributed by atoms with Crippen LogP contribution in [0.25, 0.3) is 0 Å². The highest BCUT2D eigenvalue weighted by Gasteiger charge is 2.36. The van der Waals surface area contributed by atoms with E-state index in [1.165, 1.54) is 22.8 Å². The molecule has 1 aromatic rings. The fourth-order valence-electron chi connectivity index (χ4n) is 2.91. The van der Waals surface area contributed by atoms with E-state index in [-0.39, 0.29) is 16.6 Å². The van der Waals surface area contributed by atoms with Crippen molar-refractivity contribution in [1.82, 2.24) is 14.2 Å². The summed E-state index contributed by atoms with van der Waals surface area (Å²) in [6.45, 7) is 4.22. The van der Waals surface area contributed by atoms with Gasteiger partial charge in [0.05, 0.1) is 18.9 Å². The third-order valence-electron chi connectivity index (χ3n) is 4.12. The van der Waals surface area contributed by atoms with Crippen molar-refractivity contribution in [2.75, 3.05) is 45.1 Å². The molecular formula is C13H20N4O3S. The molecule has 2 saturated heterocycles. The summed E-state index contributed by atoms with van der Waals surface area (Å²) in [4.78, 5) is 6.29. The Kier molecular flexibility index (Phi) is 4.12. The maximum Gasteiger partial charge on any atom is 0.246 e. The van der Waals surface area contributed by atoms with E-state index in [0.717, 1.165) is 32.7 Å². The molecule has 2 fully saturated rings. The van der Waals surface area contributed by atoms with Crippen LogP contribution in [0.4, 0.5) is 5.69 Å². The Morgan fingerprint density at radius 2 is 2.05 bits per heavy atom. The lowest BCUT2D eigenvalue weighted by atomic mass is 10.2. The Morgan fingerprint density at radius 3 is 2.76 bits per heavy atom. The van der Waals surface area contributed by atoms with E-state index in [4.69, 9.17) is 10.5 Å². The first-order valence-corrected chi connectivity index (χ1v) is 8.54. The number of aromatic nitrogens is 1. The first-order chi connectivity index (χ1) is 10.1. The van der Waals surface area contributed by atoms with E-state index in [0.29, 0.717) is 13.1 Å². The number of nitrogen functional groups attached to an aromatic ring is 1. The summed E-state index contributed by atoms with van der Waals surface area (Å²) in [6, 6.07) is 1.78. The Bertz CT molecular complexity index is 601. The fraction of sp³-hybridized carbons (Fsp3) is 0.615. The lowest BCUT2D eigenvalue weighted by molar-refractivity contribution is 0.0197. The standard InChI is InChI=1S/C13H20N4O3S/c14-12-1-3-15-9-13(12)21(18,19)17-4-2-11(10-17)16-5-7-20-8-6-16/h1,3,9,11H,2,4-8,10H2,(H2,14,15). The smallest absolute Gasteiger partial charge is 0.246 e.